The van der Waals surface area contributed by atoms with Crippen molar-refractivity contribution in [2.75, 3.05) is 11.6 Å². The predicted molar refractivity (Wildman–Crippen MR) is 96.2 cm³/mol. The number of nitrogens with one attached hydrogen (secondary N) is 1. The molecule has 1 N–H and O–H groups in total. The van der Waals surface area contributed by atoms with Crippen LogP contribution in [0.15, 0.2) is 34.7 Å². The van der Waals surface area contributed by atoms with Crippen LogP contribution >= 0.6 is 34.7 Å². The van der Waals surface area contributed by atoms with Crippen molar-refractivity contribution in [2.24, 2.45) is 5.41 Å². The van der Waals surface area contributed by atoms with Gasteiger partial charge in [-0.3, -0.25) is 4.79 Å². The van der Waals surface area contributed by atoms with Crippen LogP contribution in [-0.4, -0.2) is 17.1 Å². The highest BCUT2D eigenvalue weighted by Crippen LogP contribution is 2.37. The summed E-state index contributed by atoms with van der Waals surface area (Å²) in [5, 5.41) is 4.24. The Balaban J connectivity index is 2.25. The maximum absolute atomic E-state index is 12.8. The molecule has 0 bridgehead atoms. The Labute approximate surface area is 144 Å². The fourth-order valence-corrected chi connectivity index (χ4v) is 3.70. The zero-order valence-electron chi connectivity index (χ0n) is 13.0. The second-order valence-electron chi connectivity index (χ2n) is 6.03. The molecule has 1 atom stereocenters. The number of hydrogen-bond acceptors (Lipinski definition) is 4. The molecule has 0 unspecified atom stereocenters. The van der Waals surface area contributed by atoms with Crippen LogP contribution in [-0.2, 0) is 4.79 Å². The highest BCUT2D eigenvalue weighted by atomic mass is 35.5. The standard InChI is InChI=1S/C16H19ClN2OS2/c1-16(2,3)13(10-5-7-11(17)8-6-10)14(20)19-15-18-9-12(21-4)22-15/h5-9,13H,1-4H3,(H,18,19,20)/t13-/m0/s1. The summed E-state index contributed by atoms with van der Waals surface area (Å²) in [5.74, 6) is -0.316. The first-order valence-electron chi connectivity index (χ1n) is 6.87. The summed E-state index contributed by atoms with van der Waals surface area (Å²) in [4.78, 5) is 17.0. The minimum absolute atomic E-state index is 0.0446. The van der Waals surface area contributed by atoms with Gasteiger partial charge in [-0.1, -0.05) is 55.8 Å². The summed E-state index contributed by atoms with van der Waals surface area (Å²) in [6.07, 6.45) is 3.77. The van der Waals surface area contributed by atoms with Crippen molar-refractivity contribution >= 4 is 45.7 Å². The van der Waals surface area contributed by atoms with Crippen LogP contribution in [0.2, 0.25) is 5.02 Å². The van der Waals surface area contributed by atoms with E-state index in [1.165, 1.54) is 11.3 Å². The van der Waals surface area contributed by atoms with Crippen LogP contribution in [0.4, 0.5) is 5.13 Å². The first-order chi connectivity index (χ1) is 10.3. The molecule has 2 aromatic rings. The van der Waals surface area contributed by atoms with Crippen molar-refractivity contribution in [3.8, 4) is 0 Å². The molecule has 0 aliphatic heterocycles. The number of benzene rings is 1. The maximum Gasteiger partial charge on any atom is 0.234 e. The Kier molecular flexibility index (Phi) is 5.53. The minimum Gasteiger partial charge on any atom is -0.301 e. The fourth-order valence-electron chi connectivity index (χ4n) is 2.29. The number of carbonyl (C=O) groups is 1. The van der Waals surface area contributed by atoms with E-state index in [-0.39, 0.29) is 17.2 Å². The van der Waals surface area contributed by atoms with E-state index in [1.54, 1.807) is 18.0 Å². The van der Waals surface area contributed by atoms with Gasteiger partial charge in [-0.15, -0.1) is 11.8 Å². The van der Waals surface area contributed by atoms with Crippen molar-refractivity contribution in [3.05, 3.63) is 41.0 Å². The molecule has 0 radical (unpaired) electrons. The monoisotopic (exact) mass is 354 g/mol. The summed E-state index contributed by atoms with van der Waals surface area (Å²) >= 11 is 9.05. The lowest BCUT2D eigenvalue weighted by molar-refractivity contribution is -0.119. The molecule has 0 aliphatic carbocycles. The minimum atomic E-state index is -0.272. The number of thiazole rings is 1. The molecule has 22 heavy (non-hydrogen) atoms. The maximum atomic E-state index is 12.8. The Bertz CT molecular complexity index is 647. The summed E-state index contributed by atoms with van der Waals surface area (Å²) in [6.45, 7) is 6.17. The molecule has 3 nitrogen and oxygen atoms in total. The molecule has 1 amide bonds. The second-order valence-corrected chi connectivity index (χ2v) is 8.60. The predicted octanol–water partition coefficient (Wildman–Crippen LogP) is 5.29. The largest absolute Gasteiger partial charge is 0.301 e. The molecule has 2 rings (SSSR count). The molecule has 6 heteroatoms. The third kappa shape index (κ3) is 4.24. The number of nitrogens with zero attached hydrogens (tertiary/aromatic N) is 1. The molecule has 0 aliphatic rings. The van der Waals surface area contributed by atoms with Gasteiger partial charge >= 0.3 is 0 Å². The second kappa shape index (κ2) is 7.02. The van der Waals surface area contributed by atoms with Crippen LogP contribution in [0.5, 0.6) is 0 Å². The van der Waals surface area contributed by atoms with Gasteiger partial charge in [-0.05, 0) is 29.4 Å². The molecule has 118 valence electrons. The number of thioether (sulfide) groups is 1. The van der Waals surface area contributed by atoms with Crippen molar-refractivity contribution < 1.29 is 4.79 Å². The van der Waals surface area contributed by atoms with E-state index in [1.807, 2.05) is 30.5 Å². The van der Waals surface area contributed by atoms with Crippen LogP contribution in [0.25, 0.3) is 0 Å². The zero-order chi connectivity index (χ0) is 16.3. The number of aromatic nitrogens is 1. The van der Waals surface area contributed by atoms with Gasteiger partial charge in [0.1, 0.15) is 0 Å². The molecule has 0 spiro atoms. The molecule has 1 aromatic carbocycles. The number of halogens is 1. The van der Waals surface area contributed by atoms with Gasteiger partial charge in [0.2, 0.25) is 5.91 Å². The van der Waals surface area contributed by atoms with Crippen LogP contribution in [0, 0.1) is 5.41 Å². The first-order valence-corrected chi connectivity index (χ1v) is 9.29. The smallest absolute Gasteiger partial charge is 0.234 e. The summed E-state index contributed by atoms with van der Waals surface area (Å²) in [5.41, 5.74) is 0.744. The quantitative estimate of drug-likeness (QED) is 0.759. The van der Waals surface area contributed by atoms with E-state index >= 15 is 0 Å². The van der Waals surface area contributed by atoms with Crippen molar-refractivity contribution in [1.29, 1.82) is 0 Å². The fraction of sp³-hybridized carbons (Fsp3) is 0.375. The summed E-state index contributed by atoms with van der Waals surface area (Å²) in [7, 11) is 0. The van der Waals surface area contributed by atoms with Crippen molar-refractivity contribution in [2.45, 2.75) is 30.9 Å². The van der Waals surface area contributed by atoms with Crippen LogP contribution in [0.3, 0.4) is 0 Å². The lowest BCUT2D eigenvalue weighted by Gasteiger charge is -2.29. The molecule has 0 saturated carbocycles. The Morgan fingerprint density at radius 3 is 2.45 bits per heavy atom. The van der Waals surface area contributed by atoms with Crippen molar-refractivity contribution in [3.63, 3.8) is 0 Å². The van der Waals surface area contributed by atoms with Crippen LogP contribution < -0.4 is 5.32 Å². The van der Waals surface area contributed by atoms with E-state index in [2.05, 4.69) is 31.1 Å². The van der Waals surface area contributed by atoms with Gasteiger partial charge in [0.25, 0.3) is 0 Å². The van der Waals surface area contributed by atoms with Gasteiger partial charge in [0.15, 0.2) is 5.13 Å². The number of hydrogen-bond donors (Lipinski definition) is 1. The number of anilines is 1. The SMILES string of the molecule is CSc1cnc(NC(=O)[C@H](c2ccc(Cl)cc2)C(C)(C)C)s1. The van der Waals surface area contributed by atoms with Gasteiger partial charge in [-0.25, -0.2) is 4.98 Å². The van der Waals surface area contributed by atoms with E-state index in [4.69, 9.17) is 11.6 Å². The molecular formula is C16H19ClN2OS2. The summed E-state index contributed by atoms with van der Waals surface area (Å²) in [6, 6.07) is 7.45. The average Bonchev–Trinajstić information content (AvgIpc) is 2.87. The van der Waals surface area contributed by atoms with Crippen LogP contribution in [0.1, 0.15) is 32.3 Å². The topological polar surface area (TPSA) is 42.0 Å². The Morgan fingerprint density at radius 1 is 1.32 bits per heavy atom. The van der Waals surface area contributed by atoms with E-state index in [0.29, 0.717) is 10.2 Å². The number of rotatable bonds is 4. The molecule has 1 heterocycles. The molecule has 0 saturated heterocycles. The van der Waals surface area contributed by atoms with Gasteiger partial charge < -0.3 is 5.32 Å². The van der Waals surface area contributed by atoms with Gasteiger partial charge in [0.05, 0.1) is 16.3 Å². The van der Waals surface area contributed by atoms with Gasteiger partial charge in [0, 0.05) is 5.02 Å². The molecular weight excluding hydrogens is 336 g/mol. The average molecular weight is 355 g/mol. The molecule has 1 aromatic heterocycles. The van der Waals surface area contributed by atoms with Gasteiger partial charge in [-0.2, -0.15) is 0 Å². The van der Waals surface area contributed by atoms with E-state index in [9.17, 15) is 4.79 Å². The number of carbonyl (C=O) groups excluding carboxylic acids is 1. The Morgan fingerprint density at radius 2 is 1.95 bits per heavy atom. The zero-order valence-corrected chi connectivity index (χ0v) is 15.4. The number of amides is 1. The summed E-state index contributed by atoms with van der Waals surface area (Å²) < 4.78 is 1.08. The Hall–Kier alpha value is -1.04. The van der Waals surface area contributed by atoms with E-state index in [0.717, 1.165) is 9.77 Å². The lowest BCUT2D eigenvalue weighted by Crippen LogP contribution is -2.31. The normalized spacial score (nSPS) is 13.0. The first kappa shape index (κ1) is 17.3. The van der Waals surface area contributed by atoms with Crippen molar-refractivity contribution in [1.82, 2.24) is 4.98 Å². The molecule has 0 fully saturated rings. The highest BCUT2D eigenvalue weighted by molar-refractivity contribution is 8.00. The third-order valence-corrected chi connectivity index (χ3v) is 5.46. The van der Waals surface area contributed by atoms with E-state index < -0.39 is 0 Å². The lowest BCUT2D eigenvalue weighted by atomic mass is 9.76. The third-order valence-electron chi connectivity index (χ3n) is 3.25. The highest BCUT2D eigenvalue weighted by Gasteiger charge is 2.33.